The predicted molar refractivity (Wildman–Crippen MR) is 55.8 cm³/mol. The highest BCUT2D eigenvalue weighted by molar-refractivity contribution is 5.23. The summed E-state index contributed by atoms with van der Waals surface area (Å²) < 4.78 is 12.7. The van der Waals surface area contributed by atoms with Crippen LogP contribution in [0.1, 0.15) is 30.7 Å². The zero-order valence-corrected chi connectivity index (χ0v) is 8.46. The van der Waals surface area contributed by atoms with E-state index in [2.05, 4.69) is 5.32 Å². The van der Waals surface area contributed by atoms with Crippen molar-refractivity contribution in [1.29, 1.82) is 0 Å². The lowest BCUT2D eigenvalue weighted by atomic mass is 9.94. The summed E-state index contributed by atoms with van der Waals surface area (Å²) in [7, 11) is 2.01. The Labute approximate surface area is 84.3 Å². The third kappa shape index (κ3) is 1.80. The number of hydrogen-bond donors (Lipinski definition) is 1. The van der Waals surface area contributed by atoms with Crippen LogP contribution in [0.4, 0.5) is 4.39 Å². The van der Waals surface area contributed by atoms with E-state index in [4.69, 9.17) is 0 Å². The average Bonchev–Trinajstić information content (AvgIpc) is 2.67. The van der Waals surface area contributed by atoms with Gasteiger partial charge in [0, 0.05) is 6.04 Å². The van der Waals surface area contributed by atoms with Crippen molar-refractivity contribution in [3.8, 4) is 0 Å². The molecule has 0 spiro atoms. The van der Waals surface area contributed by atoms with Gasteiger partial charge < -0.3 is 5.32 Å². The average molecular weight is 193 g/mol. The van der Waals surface area contributed by atoms with Crippen LogP contribution in [0.3, 0.4) is 0 Å². The predicted octanol–water partition coefficient (Wildman–Crippen LogP) is 2.68. The van der Waals surface area contributed by atoms with Crippen molar-refractivity contribution in [3.05, 3.63) is 35.6 Å². The van der Waals surface area contributed by atoms with Crippen LogP contribution in [0.15, 0.2) is 24.3 Å². The number of likely N-dealkylation sites (N-methyl/N-ethyl adjacent to an activating group) is 1. The lowest BCUT2D eigenvalue weighted by molar-refractivity contribution is 0.521. The van der Waals surface area contributed by atoms with Gasteiger partial charge in [-0.3, -0.25) is 0 Å². The number of hydrogen-bond acceptors (Lipinski definition) is 1. The van der Waals surface area contributed by atoms with E-state index in [1.807, 2.05) is 19.2 Å². The van der Waals surface area contributed by atoms with Crippen molar-refractivity contribution in [2.24, 2.45) is 0 Å². The summed E-state index contributed by atoms with van der Waals surface area (Å²) in [5.74, 6) is 0.424. The van der Waals surface area contributed by atoms with E-state index in [1.54, 1.807) is 12.1 Å². The quantitative estimate of drug-likeness (QED) is 0.761. The number of nitrogens with one attached hydrogen (secondary N) is 1. The number of halogens is 1. The molecule has 76 valence electrons. The molecular weight excluding hydrogens is 177 g/mol. The molecule has 0 amide bonds. The fourth-order valence-electron chi connectivity index (χ4n) is 2.41. The maximum absolute atomic E-state index is 12.7. The summed E-state index contributed by atoms with van der Waals surface area (Å²) in [4.78, 5) is 0. The molecule has 1 aromatic rings. The zero-order valence-electron chi connectivity index (χ0n) is 8.46. The van der Waals surface area contributed by atoms with Crippen LogP contribution in [0, 0.1) is 5.82 Å². The van der Waals surface area contributed by atoms with Crippen molar-refractivity contribution in [1.82, 2.24) is 5.32 Å². The van der Waals surface area contributed by atoms with E-state index in [1.165, 1.54) is 24.8 Å². The molecule has 1 saturated carbocycles. The summed E-state index contributed by atoms with van der Waals surface area (Å²) in [5.41, 5.74) is 1.27. The van der Waals surface area contributed by atoms with Gasteiger partial charge in [-0.2, -0.15) is 0 Å². The Kier molecular flexibility index (Phi) is 2.82. The minimum atomic E-state index is -0.146. The Morgan fingerprint density at radius 1 is 1.21 bits per heavy atom. The lowest BCUT2D eigenvalue weighted by Gasteiger charge is -2.19. The molecule has 0 aromatic heterocycles. The van der Waals surface area contributed by atoms with Crippen molar-refractivity contribution < 1.29 is 4.39 Å². The Morgan fingerprint density at radius 3 is 2.57 bits per heavy atom. The Bertz CT molecular complexity index is 294. The topological polar surface area (TPSA) is 12.0 Å². The molecule has 1 aromatic carbocycles. The van der Waals surface area contributed by atoms with E-state index >= 15 is 0 Å². The summed E-state index contributed by atoms with van der Waals surface area (Å²) >= 11 is 0. The number of benzene rings is 1. The van der Waals surface area contributed by atoms with Gasteiger partial charge in [-0.15, -0.1) is 0 Å². The fraction of sp³-hybridized carbons (Fsp3) is 0.500. The van der Waals surface area contributed by atoms with Gasteiger partial charge in [0.1, 0.15) is 5.82 Å². The Hall–Kier alpha value is -0.890. The maximum Gasteiger partial charge on any atom is 0.123 e. The lowest BCUT2D eigenvalue weighted by Crippen LogP contribution is -2.27. The minimum Gasteiger partial charge on any atom is -0.316 e. The van der Waals surface area contributed by atoms with E-state index in [9.17, 15) is 4.39 Å². The summed E-state index contributed by atoms with van der Waals surface area (Å²) in [6.07, 6.45) is 3.73. The number of rotatable bonds is 2. The molecule has 2 atom stereocenters. The molecule has 0 aliphatic heterocycles. The molecule has 0 saturated heterocycles. The van der Waals surface area contributed by atoms with Crippen LogP contribution in [0.25, 0.3) is 0 Å². The van der Waals surface area contributed by atoms with Gasteiger partial charge in [0.15, 0.2) is 0 Å². The van der Waals surface area contributed by atoms with E-state index in [-0.39, 0.29) is 5.82 Å². The van der Waals surface area contributed by atoms with E-state index in [0.29, 0.717) is 12.0 Å². The molecule has 2 unspecified atom stereocenters. The second kappa shape index (κ2) is 4.09. The first-order valence-corrected chi connectivity index (χ1v) is 5.24. The molecule has 14 heavy (non-hydrogen) atoms. The van der Waals surface area contributed by atoms with Gasteiger partial charge in [0.25, 0.3) is 0 Å². The van der Waals surface area contributed by atoms with Crippen molar-refractivity contribution in [2.75, 3.05) is 7.05 Å². The second-order valence-corrected chi connectivity index (χ2v) is 3.98. The molecule has 2 heteroatoms. The molecule has 1 aliphatic carbocycles. The summed E-state index contributed by atoms with van der Waals surface area (Å²) in [5, 5.41) is 3.33. The monoisotopic (exact) mass is 193 g/mol. The first-order chi connectivity index (χ1) is 6.81. The van der Waals surface area contributed by atoms with Gasteiger partial charge in [-0.05, 0) is 43.5 Å². The van der Waals surface area contributed by atoms with Gasteiger partial charge in [0.05, 0.1) is 0 Å². The van der Waals surface area contributed by atoms with Crippen LogP contribution in [-0.2, 0) is 0 Å². The van der Waals surface area contributed by atoms with E-state index < -0.39 is 0 Å². The highest BCUT2D eigenvalue weighted by Gasteiger charge is 2.26. The highest BCUT2D eigenvalue weighted by atomic mass is 19.1. The Balaban J connectivity index is 2.17. The van der Waals surface area contributed by atoms with Crippen LogP contribution in [0.5, 0.6) is 0 Å². The van der Waals surface area contributed by atoms with E-state index in [0.717, 1.165) is 0 Å². The van der Waals surface area contributed by atoms with Gasteiger partial charge in [0.2, 0.25) is 0 Å². The summed E-state index contributed by atoms with van der Waals surface area (Å²) in [6.45, 7) is 0. The van der Waals surface area contributed by atoms with Gasteiger partial charge in [-0.1, -0.05) is 18.6 Å². The molecule has 0 heterocycles. The van der Waals surface area contributed by atoms with Crippen LogP contribution >= 0.6 is 0 Å². The highest BCUT2D eigenvalue weighted by Crippen LogP contribution is 2.34. The smallest absolute Gasteiger partial charge is 0.123 e. The molecule has 1 aliphatic rings. The first-order valence-electron chi connectivity index (χ1n) is 5.24. The molecule has 0 bridgehead atoms. The largest absolute Gasteiger partial charge is 0.316 e. The van der Waals surface area contributed by atoms with Crippen molar-refractivity contribution >= 4 is 0 Å². The molecule has 0 radical (unpaired) electrons. The maximum atomic E-state index is 12.7. The molecule has 1 N–H and O–H groups in total. The standard InChI is InChI=1S/C12H16FN/c1-14-12-4-2-3-11(12)9-5-7-10(13)8-6-9/h5-8,11-12,14H,2-4H2,1H3. The van der Waals surface area contributed by atoms with Crippen molar-refractivity contribution in [3.63, 3.8) is 0 Å². The van der Waals surface area contributed by atoms with Gasteiger partial charge >= 0.3 is 0 Å². The van der Waals surface area contributed by atoms with Crippen LogP contribution in [0.2, 0.25) is 0 Å². The van der Waals surface area contributed by atoms with Crippen LogP contribution < -0.4 is 5.32 Å². The van der Waals surface area contributed by atoms with Crippen LogP contribution in [-0.4, -0.2) is 13.1 Å². The Morgan fingerprint density at radius 2 is 1.93 bits per heavy atom. The van der Waals surface area contributed by atoms with Gasteiger partial charge in [-0.25, -0.2) is 4.39 Å². The molecular formula is C12H16FN. The molecule has 1 nitrogen and oxygen atoms in total. The van der Waals surface area contributed by atoms with Crippen molar-refractivity contribution in [2.45, 2.75) is 31.2 Å². The fourth-order valence-corrected chi connectivity index (χ4v) is 2.41. The molecule has 2 rings (SSSR count). The second-order valence-electron chi connectivity index (χ2n) is 3.98. The zero-order chi connectivity index (χ0) is 9.97. The molecule has 1 fully saturated rings. The third-order valence-corrected chi connectivity index (χ3v) is 3.18. The normalized spacial score (nSPS) is 26.7. The first kappa shape index (κ1) is 9.66. The summed E-state index contributed by atoms with van der Waals surface area (Å²) in [6, 6.07) is 7.51. The third-order valence-electron chi connectivity index (χ3n) is 3.18. The SMILES string of the molecule is CNC1CCCC1c1ccc(F)cc1. The minimum absolute atomic E-state index is 0.146.